The second-order valence-corrected chi connectivity index (χ2v) is 4.64. The van der Waals surface area contributed by atoms with Crippen LogP contribution in [0.15, 0.2) is 36.4 Å². The zero-order valence-electron chi connectivity index (χ0n) is 12.1. The molecule has 2 aromatic rings. The lowest BCUT2D eigenvalue weighted by Crippen LogP contribution is -2.15. The largest absolute Gasteiger partial charge is 0.325 e. The van der Waals surface area contributed by atoms with Crippen LogP contribution in [0.3, 0.4) is 0 Å². The molecule has 0 aromatic heterocycles. The molecule has 0 fully saturated rings. The number of hydrogen-bond acceptors (Lipinski definition) is 3. The van der Waals surface area contributed by atoms with Crippen LogP contribution in [0.2, 0.25) is 0 Å². The predicted octanol–water partition coefficient (Wildman–Crippen LogP) is 3.21. The van der Waals surface area contributed by atoms with Crippen LogP contribution in [0, 0.1) is 28.8 Å². The van der Waals surface area contributed by atoms with Crippen molar-refractivity contribution in [3.63, 3.8) is 0 Å². The van der Waals surface area contributed by atoms with Crippen molar-refractivity contribution in [1.29, 1.82) is 5.26 Å². The number of nitrogens with one attached hydrogen (secondary N) is 2. The number of carbonyl (C=O) groups is 2. The van der Waals surface area contributed by atoms with Crippen LogP contribution >= 0.6 is 0 Å². The van der Waals surface area contributed by atoms with E-state index in [9.17, 15) is 22.8 Å². The number of carbonyl (C=O) groups excluding carboxylic acids is 2. The average Bonchev–Trinajstić information content (AvgIpc) is 2.54. The maximum absolute atomic E-state index is 13.5. The normalized spacial score (nSPS) is 9.92. The summed E-state index contributed by atoms with van der Waals surface area (Å²) in [6, 6.07) is 8.91. The molecule has 0 atom stereocenters. The summed E-state index contributed by atoms with van der Waals surface area (Å²) in [7, 11) is 0. The Bertz CT molecular complexity index is 830. The average molecular weight is 333 g/mol. The summed E-state index contributed by atoms with van der Waals surface area (Å²) in [4.78, 5) is 23.1. The van der Waals surface area contributed by atoms with E-state index in [0.717, 1.165) is 6.07 Å². The molecule has 5 nitrogen and oxygen atoms in total. The molecule has 0 saturated heterocycles. The fraction of sp³-hybridized carbons (Fsp3) is 0.0625. The molecule has 2 aromatic carbocycles. The van der Waals surface area contributed by atoms with Gasteiger partial charge < -0.3 is 10.6 Å². The number of anilines is 2. The Balaban J connectivity index is 2.09. The topological polar surface area (TPSA) is 82.0 Å². The summed E-state index contributed by atoms with van der Waals surface area (Å²) in [5.74, 6) is -6.13. The Kier molecular flexibility index (Phi) is 5.16. The third-order valence-corrected chi connectivity index (χ3v) is 2.95. The van der Waals surface area contributed by atoms with Gasteiger partial charge in [0.1, 0.15) is 6.42 Å². The first-order chi connectivity index (χ1) is 11.4. The van der Waals surface area contributed by atoms with E-state index in [1.807, 2.05) is 0 Å². The summed E-state index contributed by atoms with van der Waals surface area (Å²) < 4.78 is 39.5. The highest BCUT2D eigenvalue weighted by Crippen LogP contribution is 2.18. The summed E-state index contributed by atoms with van der Waals surface area (Å²) in [6.07, 6.45) is -0.298. The second kappa shape index (κ2) is 7.28. The molecule has 0 bridgehead atoms. The minimum atomic E-state index is -1.72. The minimum absolute atomic E-state index is 0.252. The Morgan fingerprint density at radius 2 is 1.50 bits per heavy atom. The van der Waals surface area contributed by atoms with E-state index in [4.69, 9.17) is 5.26 Å². The van der Waals surface area contributed by atoms with Gasteiger partial charge in [-0.1, -0.05) is 0 Å². The number of halogens is 3. The highest BCUT2D eigenvalue weighted by molar-refractivity contribution is 6.04. The summed E-state index contributed by atoms with van der Waals surface area (Å²) in [6.45, 7) is 0. The van der Waals surface area contributed by atoms with Crippen molar-refractivity contribution in [3.05, 3.63) is 59.4 Å². The van der Waals surface area contributed by atoms with Crippen molar-refractivity contribution >= 4 is 23.2 Å². The number of benzene rings is 2. The second-order valence-electron chi connectivity index (χ2n) is 4.64. The van der Waals surface area contributed by atoms with E-state index >= 15 is 0 Å². The quantitative estimate of drug-likeness (QED) is 0.843. The zero-order valence-corrected chi connectivity index (χ0v) is 12.1. The van der Waals surface area contributed by atoms with E-state index in [1.165, 1.54) is 24.3 Å². The van der Waals surface area contributed by atoms with Gasteiger partial charge in [-0.3, -0.25) is 9.59 Å². The molecule has 0 heterocycles. The number of hydrogen-bond donors (Lipinski definition) is 2. The van der Waals surface area contributed by atoms with E-state index in [1.54, 1.807) is 6.07 Å². The molecule has 0 spiro atoms. The Morgan fingerprint density at radius 1 is 0.917 bits per heavy atom. The number of nitriles is 1. The number of rotatable bonds is 4. The van der Waals surface area contributed by atoms with E-state index in [2.05, 4.69) is 10.6 Å². The molecule has 0 saturated carbocycles. The van der Waals surface area contributed by atoms with Crippen LogP contribution in [0.4, 0.5) is 24.5 Å². The van der Waals surface area contributed by atoms with Gasteiger partial charge in [-0.2, -0.15) is 5.26 Å². The van der Waals surface area contributed by atoms with Crippen molar-refractivity contribution in [1.82, 2.24) is 0 Å². The summed E-state index contributed by atoms with van der Waals surface area (Å²) in [5, 5.41) is 13.2. The smallest absolute Gasteiger partial charge is 0.258 e. The molecule has 8 heteroatoms. The maximum Gasteiger partial charge on any atom is 0.258 e. The molecule has 2 amide bonds. The molecule has 24 heavy (non-hydrogen) atoms. The van der Waals surface area contributed by atoms with Crippen LogP contribution in [0.1, 0.15) is 16.8 Å². The van der Waals surface area contributed by atoms with Crippen LogP contribution in [-0.2, 0) is 4.79 Å². The van der Waals surface area contributed by atoms with E-state index < -0.39 is 34.8 Å². The van der Waals surface area contributed by atoms with Crippen molar-refractivity contribution in [2.45, 2.75) is 6.42 Å². The highest BCUT2D eigenvalue weighted by atomic mass is 19.2. The molecule has 2 N–H and O–H groups in total. The van der Waals surface area contributed by atoms with E-state index in [-0.39, 0.29) is 12.1 Å². The lowest BCUT2D eigenvalue weighted by molar-refractivity contribution is -0.115. The monoisotopic (exact) mass is 333 g/mol. The summed E-state index contributed by atoms with van der Waals surface area (Å²) in [5.41, 5.74) is 0.00923. The number of amides is 2. The van der Waals surface area contributed by atoms with Gasteiger partial charge in [0.25, 0.3) is 5.91 Å². The highest BCUT2D eigenvalue weighted by Gasteiger charge is 2.18. The molecular weight excluding hydrogens is 323 g/mol. The van der Waals surface area contributed by atoms with Gasteiger partial charge in [-0.15, -0.1) is 0 Å². The summed E-state index contributed by atoms with van der Waals surface area (Å²) >= 11 is 0. The lowest BCUT2D eigenvalue weighted by Gasteiger charge is -2.08. The van der Waals surface area contributed by atoms with Crippen LogP contribution < -0.4 is 10.6 Å². The van der Waals surface area contributed by atoms with Crippen LogP contribution in [0.5, 0.6) is 0 Å². The predicted molar refractivity (Wildman–Crippen MR) is 79.6 cm³/mol. The van der Waals surface area contributed by atoms with Crippen LogP contribution in [-0.4, -0.2) is 11.8 Å². The molecule has 2 rings (SSSR count). The molecule has 122 valence electrons. The van der Waals surface area contributed by atoms with Crippen molar-refractivity contribution in [2.75, 3.05) is 10.6 Å². The van der Waals surface area contributed by atoms with Gasteiger partial charge in [0, 0.05) is 11.4 Å². The van der Waals surface area contributed by atoms with Gasteiger partial charge in [0.15, 0.2) is 17.5 Å². The van der Waals surface area contributed by atoms with Gasteiger partial charge in [0.05, 0.1) is 11.6 Å². The van der Waals surface area contributed by atoms with Gasteiger partial charge in [-0.25, -0.2) is 13.2 Å². The minimum Gasteiger partial charge on any atom is -0.325 e. The van der Waals surface area contributed by atoms with Gasteiger partial charge >= 0.3 is 0 Å². The standard InChI is InChI=1S/C16H10F3N3O2/c17-12-6-5-11(14(18)15(12)19)16(24)22-10-3-1-9(2-4-10)21-13(23)7-8-20/h1-6H,7H2,(H,21,23)(H,22,24). The fourth-order valence-electron chi connectivity index (χ4n) is 1.81. The third kappa shape index (κ3) is 3.89. The Hall–Kier alpha value is -3.34. The zero-order chi connectivity index (χ0) is 17.7. The van der Waals surface area contributed by atoms with Gasteiger partial charge in [0.2, 0.25) is 5.91 Å². The first-order valence-corrected chi connectivity index (χ1v) is 6.64. The molecule has 0 aliphatic carbocycles. The van der Waals surface area contributed by atoms with Crippen molar-refractivity contribution in [2.24, 2.45) is 0 Å². The van der Waals surface area contributed by atoms with E-state index in [0.29, 0.717) is 11.8 Å². The van der Waals surface area contributed by atoms with Crippen LogP contribution in [0.25, 0.3) is 0 Å². The SMILES string of the molecule is N#CCC(=O)Nc1ccc(NC(=O)c2ccc(F)c(F)c2F)cc1. The Morgan fingerprint density at radius 3 is 2.08 bits per heavy atom. The Labute approximate surface area is 134 Å². The van der Waals surface area contributed by atoms with Crippen molar-refractivity contribution in [3.8, 4) is 6.07 Å². The first-order valence-electron chi connectivity index (χ1n) is 6.64. The first kappa shape index (κ1) is 17.0. The van der Waals surface area contributed by atoms with Gasteiger partial charge in [-0.05, 0) is 36.4 Å². The fourth-order valence-corrected chi connectivity index (χ4v) is 1.81. The third-order valence-electron chi connectivity index (χ3n) is 2.95. The molecule has 0 aliphatic rings. The molecule has 0 radical (unpaired) electrons. The molecule has 0 unspecified atom stereocenters. The molecule has 0 aliphatic heterocycles. The number of nitrogens with zero attached hydrogens (tertiary/aromatic N) is 1. The lowest BCUT2D eigenvalue weighted by atomic mass is 10.1. The van der Waals surface area contributed by atoms with Crippen molar-refractivity contribution < 1.29 is 22.8 Å². The maximum atomic E-state index is 13.5. The molecular formula is C16H10F3N3O2.